The van der Waals surface area contributed by atoms with Crippen LogP contribution in [0.2, 0.25) is 0 Å². The van der Waals surface area contributed by atoms with Gasteiger partial charge in [-0.05, 0) is 32.0 Å². The summed E-state index contributed by atoms with van der Waals surface area (Å²) in [6, 6.07) is 8.24. The number of anilines is 1. The van der Waals surface area contributed by atoms with E-state index in [2.05, 4.69) is 10.3 Å². The number of aromatic nitrogens is 1. The molecule has 0 aliphatic heterocycles. The quantitative estimate of drug-likeness (QED) is 0.579. The van der Waals surface area contributed by atoms with Crippen LogP contribution in [0.4, 0.5) is 11.7 Å². The summed E-state index contributed by atoms with van der Waals surface area (Å²) < 4.78 is 11.0. The zero-order valence-electron chi connectivity index (χ0n) is 11.5. The SMILES string of the molecule is Cc1ccc(C(C)Nc2nc3ccc([N+](=O)[O-])cc3o2)o1. The topological polar surface area (TPSA) is 94.3 Å². The Kier molecular flexibility index (Phi) is 3.09. The number of nitro benzene ring substituents is 1. The van der Waals surface area contributed by atoms with Crippen molar-refractivity contribution in [2.24, 2.45) is 0 Å². The van der Waals surface area contributed by atoms with Gasteiger partial charge in [0.05, 0.1) is 17.0 Å². The predicted molar refractivity (Wildman–Crippen MR) is 76.1 cm³/mol. The maximum Gasteiger partial charge on any atom is 0.296 e. The van der Waals surface area contributed by atoms with Crippen LogP contribution in [0, 0.1) is 17.0 Å². The van der Waals surface area contributed by atoms with Gasteiger partial charge in [0.15, 0.2) is 5.58 Å². The van der Waals surface area contributed by atoms with Gasteiger partial charge >= 0.3 is 0 Å². The first-order valence-electron chi connectivity index (χ1n) is 6.41. The Morgan fingerprint density at radius 1 is 1.29 bits per heavy atom. The molecule has 3 rings (SSSR count). The second kappa shape index (κ2) is 4.93. The van der Waals surface area contributed by atoms with Crippen molar-refractivity contribution in [2.75, 3.05) is 5.32 Å². The Labute approximate surface area is 119 Å². The molecule has 0 spiro atoms. The lowest BCUT2D eigenvalue weighted by Gasteiger charge is -2.08. The molecule has 21 heavy (non-hydrogen) atoms. The summed E-state index contributed by atoms with van der Waals surface area (Å²) >= 11 is 0. The van der Waals surface area contributed by atoms with E-state index in [0.29, 0.717) is 17.1 Å². The van der Waals surface area contributed by atoms with Crippen LogP contribution in [0.3, 0.4) is 0 Å². The van der Waals surface area contributed by atoms with Crippen LogP contribution in [0.15, 0.2) is 39.2 Å². The van der Waals surface area contributed by atoms with E-state index in [-0.39, 0.29) is 11.7 Å². The Hall–Kier alpha value is -2.83. The summed E-state index contributed by atoms with van der Waals surface area (Å²) in [4.78, 5) is 14.5. The Bertz CT molecular complexity index is 806. The lowest BCUT2D eigenvalue weighted by molar-refractivity contribution is -0.384. The molecule has 0 fully saturated rings. The number of rotatable bonds is 4. The lowest BCUT2D eigenvalue weighted by atomic mass is 10.2. The van der Waals surface area contributed by atoms with Crippen LogP contribution in [-0.2, 0) is 0 Å². The number of oxazole rings is 1. The third-order valence-electron chi connectivity index (χ3n) is 3.11. The molecule has 7 nitrogen and oxygen atoms in total. The van der Waals surface area contributed by atoms with Gasteiger partial charge in [0.1, 0.15) is 17.0 Å². The van der Waals surface area contributed by atoms with Gasteiger partial charge in [-0.15, -0.1) is 0 Å². The summed E-state index contributed by atoms with van der Waals surface area (Å²) in [7, 11) is 0. The van der Waals surface area contributed by atoms with Crippen LogP contribution in [0.1, 0.15) is 24.5 Å². The summed E-state index contributed by atoms with van der Waals surface area (Å²) in [5.41, 5.74) is 0.903. The maximum atomic E-state index is 10.7. The number of hydrogen-bond acceptors (Lipinski definition) is 6. The molecule has 108 valence electrons. The zero-order valence-corrected chi connectivity index (χ0v) is 11.5. The molecule has 7 heteroatoms. The number of non-ortho nitro benzene ring substituents is 1. The number of benzene rings is 1. The lowest BCUT2D eigenvalue weighted by Crippen LogP contribution is -2.05. The fourth-order valence-electron chi connectivity index (χ4n) is 2.03. The van der Waals surface area contributed by atoms with Crippen LogP contribution in [-0.4, -0.2) is 9.91 Å². The van der Waals surface area contributed by atoms with Crippen molar-refractivity contribution in [1.29, 1.82) is 0 Å². The maximum absolute atomic E-state index is 10.7. The summed E-state index contributed by atoms with van der Waals surface area (Å²) in [6.45, 7) is 3.78. The monoisotopic (exact) mass is 287 g/mol. The zero-order chi connectivity index (χ0) is 15.0. The number of hydrogen-bond donors (Lipinski definition) is 1. The third-order valence-corrected chi connectivity index (χ3v) is 3.11. The standard InChI is InChI=1S/C14H13N3O4/c1-8-3-6-12(20-8)9(2)15-14-16-11-5-4-10(17(18)19)7-13(11)21-14/h3-7,9H,1-2H3,(H,15,16). The van der Waals surface area contributed by atoms with Crippen molar-refractivity contribution in [3.63, 3.8) is 0 Å². The number of furan rings is 1. The highest BCUT2D eigenvalue weighted by Gasteiger charge is 2.15. The van der Waals surface area contributed by atoms with E-state index in [1.165, 1.54) is 12.1 Å². The molecule has 0 saturated heterocycles. The number of fused-ring (bicyclic) bond motifs is 1. The van der Waals surface area contributed by atoms with Crippen LogP contribution in [0.25, 0.3) is 11.1 Å². The van der Waals surface area contributed by atoms with Gasteiger partial charge in [-0.3, -0.25) is 10.1 Å². The average molecular weight is 287 g/mol. The largest absolute Gasteiger partial charge is 0.464 e. The molecule has 0 radical (unpaired) electrons. The second-order valence-corrected chi connectivity index (χ2v) is 4.74. The first kappa shape index (κ1) is 13.2. The molecule has 2 heterocycles. The summed E-state index contributed by atoms with van der Waals surface area (Å²) in [6.07, 6.45) is 0. The van der Waals surface area contributed by atoms with E-state index >= 15 is 0 Å². The van der Waals surface area contributed by atoms with Crippen LogP contribution in [0.5, 0.6) is 0 Å². The third kappa shape index (κ3) is 2.58. The van der Waals surface area contributed by atoms with E-state index in [4.69, 9.17) is 8.83 Å². The van der Waals surface area contributed by atoms with E-state index < -0.39 is 4.92 Å². The molecule has 1 unspecified atom stereocenters. The molecule has 1 N–H and O–H groups in total. The van der Waals surface area contributed by atoms with Gasteiger partial charge in [0, 0.05) is 6.07 Å². The summed E-state index contributed by atoms with van der Waals surface area (Å²) in [5, 5.41) is 13.8. The number of nitrogens with one attached hydrogen (secondary N) is 1. The van der Waals surface area contributed by atoms with Gasteiger partial charge in [0.25, 0.3) is 11.7 Å². The highest BCUT2D eigenvalue weighted by molar-refractivity contribution is 5.77. The molecule has 2 aromatic heterocycles. The van der Waals surface area contributed by atoms with Gasteiger partial charge < -0.3 is 14.2 Å². The van der Waals surface area contributed by atoms with Crippen LogP contribution < -0.4 is 5.32 Å². The first-order chi connectivity index (χ1) is 10.0. The van der Waals surface area contributed by atoms with Gasteiger partial charge in [-0.2, -0.15) is 4.98 Å². The van der Waals surface area contributed by atoms with Crippen molar-refractivity contribution in [1.82, 2.24) is 4.98 Å². The highest BCUT2D eigenvalue weighted by Crippen LogP contribution is 2.26. The van der Waals surface area contributed by atoms with Crippen molar-refractivity contribution >= 4 is 22.8 Å². The summed E-state index contributed by atoms with van der Waals surface area (Å²) in [5.74, 6) is 1.59. The molecule has 1 atom stereocenters. The molecule has 0 aliphatic rings. The fraction of sp³-hybridized carbons (Fsp3) is 0.214. The molecular weight excluding hydrogens is 274 g/mol. The molecular formula is C14H13N3O4. The minimum Gasteiger partial charge on any atom is -0.464 e. The van der Waals surface area contributed by atoms with Gasteiger partial charge in [-0.1, -0.05) is 0 Å². The Morgan fingerprint density at radius 2 is 2.10 bits per heavy atom. The fourth-order valence-corrected chi connectivity index (χ4v) is 2.03. The van der Waals surface area contributed by atoms with E-state index in [0.717, 1.165) is 11.5 Å². The number of aryl methyl sites for hydroxylation is 1. The normalized spacial score (nSPS) is 12.5. The molecule has 0 aliphatic carbocycles. The molecule has 0 saturated carbocycles. The Balaban J connectivity index is 1.85. The average Bonchev–Trinajstić information content (AvgIpc) is 3.03. The molecule has 1 aromatic carbocycles. The Morgan fingerprint density at radius 3 is 2.76 bits per heavy atom. The van der Waals surface area contributed by atoms with Crippen molar-refractivity contribution < 1.29 is 13.8 Å². The van der Waals surface area contributed by atoms with Crippen molar-refractivity contribution in [2.45, 2.75) is 19.9 Å². The number of nitrogens with zero attached hydrogens (tertiary/aromatic N) is 2. The van der Waals surface area contributed by atoms with E-state index in [1.54, 1.807) is 6.07 Å². The molecule has 0 amide bonds. The predicted octanol–water partition coefficient (Wildman–Crippen LogP) is 3.81. The van der Waals surface area contributed by atoms with E-state index in [1.807, 2.05) is 26.0 Å². The second-order valence-electron chi connectivity index (χ2n) is 4.74. The highest BCUT2D eigenvalue weighted by atomic mass is 16.6. The van der Waals surface area contributed by atoms with Gasteiger partial charge in [0.2, 0.25) is 0 Å². The van der Waals surface area contributed by atoms with E-state index in [9.17, 15) is 10.1 Å². The molecule has 0 bridgehead atoms. The molecule has 3 aromatic rings. The first-order valence-corrected chi connectivity index (χ1v) is 6.41. The van der Waals surface area contributed by atoms with Crippen LogP contribution >= 0.6 is 0 Å². The minimum atomic E-state index is -0.469. The van der Waals surface area contributed by atoms with Crippen molar-refractivity contribution in [3.05, 3.63) is 52.0 Å². The number of nitro groups is 1. The minimum absolute atomic E-state index is 0.0279. The van der Waals surface area contributed by atoms with Gasteiger partial charge in [-0.25, -0.2) is 0 Å². The van der Waals surface area contributed by atoms with Crippen molar-refractivity contribution in [3.8, 4) is 0 Å². The smallest absolute Gasteiger partial charge is 0.296 e.